The van der Waals surface area contributed by atoms with Gasteiger partial charge in [-0.1, -0.05) is 74.0 Å². The van der Waals surface area contributed by atoms with Gasteiger partial charge in [-0.3, -0.25) is 4.79 Å². The molecule has 0 aromatic heterocycles. The number of carbonyl (C=O) groups excluding carboxylic acids is 1. The molecule has 0 unspecified atom stereocenters. The Morgan fingerprint density at radius 3 is 2.33 bits per heavy atom. The summed E-state index contributed by atoms with van der Waals surface area (Å²) in [6.07, 6.45) is 6.47. The van der Waals surface area contributed by atoms with Crippen LogP contribution in [0.25, 0.3) is 6.08 Å². The highest BCUT2D eigenvalue weighted by Gasteiger charge is 2.04. The third-order valence-electron chi connectivity index (χ3n) is 3.90. The first-order valence-electron chi connectivity index (χ1n) is 8.63. The van der Waals surface area contributed by atoms with Gasteiger partial charge in [0.1, 0.15) is 6.61 Å². The van der Waals surface area contributed by atoms with E-state index in [0.29, 0.717) is 6.61 Å². The summed E-state index contributed by atoms with van der Waals surface area (Å²) in [5, 5.41) is 0. The molecule has 0 aliphatic carbocycles. The van der Waals surface area contributed by atoms with Crippen molar-refractivity contribution >= 4 is 12.0 Å². The zero-order chi connectivity index (χ0) is 17.2. The normalized spacial score (nSPS) is 11.3. The lowest BCUT2D eigenvalue weighted by molar-refractivity contribution is -0.139. The van der Waals surface area contributed by atoms with Gasteiger partial charge < -0.3 is 4.74 Å². The van der Waals surface area contributed by atoms with Crippen LogP contribution in [0.15, 0.2) is 60.2 Å². The quantitative estimate of drug-likeness (QED) is 0.623. The van der Waals surface area contributed by atoms with Crippen LogP contribution in [-0.2, 0) is 22.4 Å². The highest BCUT2D eigenvalue weighted by atomic mass is 16.5. The van der Waals surface area contributed by atoms with Crippen molar-refractivity contribution in [3.8, 4) is 0 Å². The molecule has 2 heteroatoms. The van der Waals surface area contributed by atoms with E-state index in [1.54, 1.807) is 0 Å². The molecule has 0 radical (unpaired) electrons. The van der Waals surface area contributed by atoms with Crippen LogP contribution in [0.2, 0.25) is 0 Å². The fourth-order valence-electron chi connectivity index (χ4n) is 2.59. The van der Waals surface area contributed by atoms with Crippen LogP contribution in [0, 0.1) is 0 Å². The summed E-state index contributed by atoms with van der Waals surface area (Å²) in [6, 6.07) is 18.9. The first kappa shape index (κ1) is 18.0. The van der Waals surface area contributed by atoms with Crippen molar-refractivity contribution in [3.63, 3.8) is 0 Å². The SMILES string of the molecule is CCCCc1ccc(/C=C(\COC(C)=O)Cc2ccccc2)cc1. The number of unbranched alkanes of at least 4 members (excludes halogenated alkanes) is 1. The molecule has 24 heavy (non-hydrogen) atoms. The van der Waals surface area contributed by atoms with Crippen molar-refractivity contribution in [2.24, 2.45) is 0 Å². The summed E-state index contributed by atoms with van der Waals surface area (Å²) in [4.78, 5) is 11.1. The molecule has 0 saturated carbocycles. The number of carbonyl (C=O) groups is 1. The smallest absolute Gasteiger partial charge is 0.302 e. The number of hydrogen-bond donors (Lipinski definition) is 0. The van der Waals surface area contributed by atoms with E-state index in [0.717, 1.165) is 24.0 Å². The van der Waals surface area contributed by atoms with Gasteiger partial charge in [-0.2, -0.15) is 0 Å². The van der Waals surface area contributed by atoms with E-state index in [1.807, 2.05) is 18.2 Å². The summed E-state index contributed by atoms with van der Waals surface area (Å²) < 4.78 is 5.22. The number of esters is 1. The molecule has 2 nitrogen and oxygen atoms in total. The fraction of sp³-hybridized carbons (Fsp3) is 0.318. The van der Waals surface area contributed by atoms with Gasteiger partial charge in [-0.05, 0) is 41.5 Å². The molecule has 0 atom stereocenters. The van der Waals surface area contributed by atoms with Gasteiger partial charge in [-0.25, -0.2) is 0 Å². The summed E-state index contributed by atoms with van der Waals surface area (Å²) in [7, 11) is 0. The minimum Gasteiger partial charge on any atom is -0.461 e. The zero-order valence-electron chi connectivity index (χ0n) is 14.6. The van der Waals surface area contributed by atoms with E-state index in [9.17, 15) is 4.79 Å². The molecule has 2 aromatic carbocycles. The van der Waals surface area contributed by atoms with Gasteiger partial charge in [0, 0.05) is 6.92 Å². The molecule has 0 saturated heterocycles. The summed E-state index contributed by atoms with van der Waals surface area (Å²) in [5.74, 6) is -0.246. The summed E-state index contributed by atoms with van der Waals surface area (Å²) in [6.45, 7) is 3.99. The predicted octanol–water partition coefficient (Wildman–Crippen LogP) is 5.22. The highest BCUT2D eigenvalue weighted by molar-refractivity contribution is 5.66. The monoisotopic (exact) mass is 322 g/mol. The lowest BCUT2D eigenvalue weighted by Gasteiger charge is -2.09. The predicted molar refractivity (Wildman–Crippen MR) is 99.8 cm³/mol. The molecule has 0 fully saturated rings. The van der Waals surface area contributed by atoms with Gasteiger partial charge in [0.2, 0.25) is 0 Å². The number of hydrogen-bond acceptors (Lipinski definition) is 2. The van der Waals surface area contributed by atoms with Crippen LogP contribution in [0.4, 0.5) is 0 Å². The van der Waals surface area contributed by atoms with Crippen LogP contribution in [-0.4, -0.2) is 12.6 Å². The van der Waals surface area contributed by atoms with Crippen LogP contribution in [0.3, 0.4) is 0 Å². The second-order valence-corrected chi connectivity index (χ2v) is 6.09. The number of benzene rings is 2. The number of ether oxygens (including phenoxy) is 1. The average molecular weight is 322 g/mol. The Hall–Kier alpha value is -2.35. The Kier molecular flexibility index (Phi) is 7.28. The highest BCUT2D eigenvalue weighted by Crippen LogP contribution is 2.15. The van der Waals surface area contributed by atoms with E-state index in [-0.39, 0.29) is 5.97 Å². The summed E-state index contributed by atoms with van der Waals surface area (Å²) >= 11 is 0. The molecule has 0 bridgehead atoms. The standard InChI is InChI=1S/C22H26O2/c1-3-4-8-19-11-13-21(14-12-19)16-22(17-24-18(2)23)15-20-9-6-5-7-10-20/h5-7,9-14,16H,3-4,8,15,17H2,1-2H3/b22-16-. The third-order valence-corrected chi connectivity index (χ3v) is 3.90. The van der Waals surface area contributed by atoms with Crippen molar-refractivity contribution < 1.29 is 9.53 Å². The van der Waals surface area contributed by atoms with Gasteiger partial charge in [0.25, 0.3) is 0 Å². The van der Waals surface area contributed by atoms with Crippen LogP contribution < -0.4 is 0 Å². The Labute approximate surface area is 145 Å². The van der Waals surface area contributed by atoms with E-state index >= 15 is 0 Å². The lowest BCUT2D eigenvalue weighted by atomic mass is 10.0. The van der Waals surface area contributed by atoms with E-state index in [2.05, 4.69) is 49.4 Å². The van der Waals surface area contributed by atoms with E-state index < -0.39 is 0 Å². The van der Waals surface area contributed by atoms with Gasteiger partial charge in [0.15, 0.2) is 0 Å². The van der Waals surface area contributed by atoms with Crippen molar-refractivity contribution in [2.75, 3.05) is 6.61 Å². The minimum absolute atomic E-state index is 0.246. The molecule has 0 heterocycles. The molecular formula is C22H26O2. The van der Waals surface area contributed by atoms with Crippen molar-refractivity contribution in [2.45, 2.75) is 39.5 Å². The zero-order valence-corrected chi connectivity index (χ0v) is 14.6. The maximum Gasteiger partial charge on any atom is 0.302 e. The lowest BCUT2D eigenvalue weighted by Crippen LogP contribution is -2.05. The molecule has 2 aromatic rings. The number of rotatable bonds is 8. The first-order chi connectivity index (χ1) is 11.7. The molecule has 0 N–H and O–H groups in total. The van der Waals surface area contributed by atoms with Crippen LogP contribution in [0.5, 0.6) is 0 Å². The second-order valence-electron chi connectivity index (χ2n) is 6.09. The Morgan fingerprint density at radius 1 is 1.00 bits per heavy atom. The molecule has 0 aliphatic heterocycles. The van der Waals surface area contributed by atoms with Gasteiger partial charge in [0.05, 0.1) is 0 Å². The maximum absolute atomic E-state index is 11.1. The topological polar surface area (TPSA) is 26.3 Å². The molecule has 0 amide bonds. The molecule has 0 spiro atoms. The van der Waals surface area contributed by atoms with Gasteiger partial charge >= 0.3 is 5.97 Å². The van der Waals surface area contributed by atoms with Crippen LogP contribution >= 0.6 is 0 Å². The second kappa shape index (κ2) is 9.71. The van der Waals surface area contributed by atoms with Crippen molar-refractivity contribution in [1.29, 1.82) is 0 Å². The van der Waals surface area contributed by atoms with E-state index in [1.165, 1.54) is 30.9 Å². The van der Waals surface area contributed by atoms with Crippen molar-refractivity contribution in [1.82, 2.24) is 0 Å². The summed E-state index contributed by atoms with van der Waals surface area (Å²) in [5.41, 5.74) is 4.83. The average Bonchev–Trinajstić information content (AvgIpc) is 2.60. The van der Waals surface area contributed by atoms with Crippen LogP contribution in [0.1, 0.15) is 43.4 Å². The minimum atomic E-state index is -0.246. The molecular weight excluding hydrogens is 296 g/mol. The Balaban J connectivity index is 2.12. The van der Waals surface area contributed by atoms with Gasteiger partial charge in [-0.15, -0.1) is 0 Å². The van der Waals surface area contributed by atoms with Crippen molar-refractivity contribution in [3.05, 3.63) is 76.9 Å². The molecule has 126 valence electrons. The van der Waals surface area contributed by atoms with E-state index in [4.69, 9.17) is 4.74 Å². The maximum atomic E-state index is 11.1. The fourth-order valence-corrected chi connectivity index (χ4v) is 2.59. The largest absolute Gasteiger partial charge is 0.461 e. The Morgan fingerprint density at radius 2 is 1.71 bits per heavy atom. The Bertz CT molecular complexity index is 654. The third kappa shape index (κ3) is 6.41. The first-order valence-corrected chi connectivity index (χ1v) is 8.63. The number of aryl methyl sites for hydroxylation is 1. The molecule has 2 rings (SSSR count). The molecule has 0 aliphatic rings.